The lowest BCUT2D eigenvalue weighted by atomic mass is 9.94. The summed E-state index contributed by atoms with van der Waals surface area (Å²) < 4.78 is 6.23. The Morgan fingerprint density at radius 2 is 0.979 bits per heavy atom. The van der Waals surface area contributed by atoms with Crippen LogP contribution in [-0.4, -0.2) is 0 Å². The topological polar surface area (TPSA) is 16.4 Å². The number of hydrogen-bond acceptors (Lipinski definition) is 2. The van der Waals surface area contributed by atoms with E-state index in [1.807, 2.05) is 12.1 Å². The molecule has 2 nitrogen and oxygen atoms in total. The van der Waals surface area contributed by atoms with Gasteiger partial charge in [0, 0.05) is 27.5 Å². The summed E-state index contributed by atoms with van der Waals surface area (Å²) in [4.78, 5) is 2.42. The number of fused-ring (bicyclic) bond motifs is 9. The molecule has 0 amide bonds. The van der Waals surface area contributed by atoms with Crippen LogP contribution in [-0.2, 0) is 0 Å². The molecule has 10 aromatic rings. The summed E-state index contributed by atoms with van der Waals surface area (Å²) in [6, 6.07) is 63.5. The molecule has 0 saturated carbocycles. The van der Waals surface area contributed by atoms with Crippen LogP contribution in [0.4, 0.5) is 17.1 Å². The van der Waals surface area contributed by atoms with Gasteiger partial charge in [0.25, 0.3) is 0 Å². The van der Waals surface area contributed by atoms with Gasteiger partial charge in [0.1, 0.15) is 11.2 Å². The molecule has 9 aromatic carbocycles. The van der Waals surface area contributed by atoms with Crippen LogP contribution < -0.4 is 4.90 Å². The van der Waals surface area contributed by atoms with Crippen molar-refractivity contribution in [3.63, 3.8) is 0 Å². The summed E-state index contributed by atoms with van der Waals surface area (Å²) in [6.07, 6.45) is 0. The van der Waals surface area contributed by atoms with Crippen molar-refractivity contribution in [3.05, 3.63) is 176 Å². The number of furan rings is 1. The Labute approximate surface area is 277 Å². The molecule has 0 fully saturated rings. The van der Waals surface area contributed by atoms with Gasteiger partial charge in [0.05, 0.1) is 5.69 Å². The molecule has 224 valence electrons. The standard InChI is InChI=1S/C46H29NO/c1-2-10-30(11-3-1)31-20-23-36(24-21-31)47(37-25-22-33-29-45-42(27-35(33)26-37)40-15-8-9-17-44(40)48-45)43-28-34-19-18-32-12-4-5-13-38(32)46(34)41-16-7-6-14-39(41)43/h1-29H. The number of nitrogens with zero attached hydrogens (tertiary/aromatic N) is 1. The van der Waals surface area contributed by atoms with Gasteiger partial charge in [-0.3, -0.25) is 0 Å². The Hall–Kier alpha value is -6.38. The van der Waals surface area contributed by atoms with Crippen molar-refractivity contribution >= 4 is 82.1 Å². The molecule has 2 heteroatoms. The van der Waals surface area contributed by atoms with E-state index in [0.29, 0.717) is 0 Å². The molecule has 0 spiro atoms. The van der Waals surface area contributed by atoms with Gasteiger partial charge >= 0.3 is 0 Å². The first-order valence-electron chi connectivity index (χ1n) is 16.4. The van der Waals surface area contributed by atoms with E-state index in [0.717, 1.165) is 44.4 Å². The van der Waals surface area contributed by atoms with Crippen LogP contribution in [0.5, 0.6) is 0 Å². The molecule has 0 aliphatic rings. The summed E-state index contributed by atoms with van der Waals surface area (Å²) in [6.45, 7) is 0. The Kier molecular flexibility index (Phi) is 5.91. The van der Waals surface area contributed by atoms with E-state index < -0.39 is 0 Å². The van der Waals surface area contributed by atoms with E-state index in [-0.39, 0.29) is 0 Å². The average Bonchev–Trinajstić information content (AvgIpc) is 3.51. The maximum Gasteiger partial charge on any atom is 0.136 e. The maximum absolute atomic E-state index is 6.23. The van der Waals surface area contributed by atoms with Crippen molar-refractivity contribution in [2.24, 2.45) is 0 Å². The van der Waals surface area contributed by atoms with Crippen LogP contribution in [0.1, 0.15) is 0 Å². The van der Waals surface area contributed by atoms with Crippen molar-refractivity contribution in [2.75, 3.05) is 4.90 Å². The molecule has 0 aliphatic carbocycles. The first-order valence-corrected chi connectivity index (χ1v) is 16.4. The number of anilines is 3. The predicted octanol–water partition coefficient (Wildman–Crippen LogP) is 13.3. The second-order valence-electron chi connectivity index (χ2n) is 12.6. The molecule has 48 heavy (non-hydrogen) atoms. The minimum Gasteiger partial charge on any atom is -0.456 e. The number of para-hydroxylation sites is 1. The zero-order valence-corrected chi connectivity index (χ0v) is 26.1. The highest BCUT2D eigenvalue weighted by Crippen LogP contribution is 2.45. The van der Waals surface area contributed by atoms with Crippen LogP contribution in [0, 0.1) is 0 Å². The zero-order valence-electron chi connectivity index (χ0n) is 26.1. The molecule has 0 bridgehead atoms. The molecule has 1 heterocycles. The fourth-order valence-corrected chi connectivity index (χ4v) is 7.50. The van der Waals surface area contributed by atoms with Gasteiger partial charge in [-0.1, -0.05) is 127 Å². The fourth-order valence-electron chi connectivity index (χ4n) is 7.50. The largest absolute Gasteiger partial charge is 0.456 e. The first-order chi connectivity index (χ1) is 23.8. The highest BCUT2D eigenvalue weighted by atomic mass is 16.3. The van der Waals surface area contributed by atoms with Gasteiger partial charge in [0.15, 0.2) is 0 Å². The van der Waals surface area contributed by atoms with E-state index in [1.54, 1.807) is 0 Å². The van der Waals surface area contributed by atoms with Crippen LogP contribution in [0.3, 0.4) is 0 Å². The Balaban J connectivity index is 1.24. The smallest absolute Gasteiger partial charge is 0.136 e. The Morgan fingerprint density at radius 1 is 0.333 bits per heavy atom. The second kappa shape index (κ2) is 10.6. The first kappa shape index (κ1) is 26.8. The van der Waals surface area contributed by atoms with Gasteiger partial charge in [-0.25, -0.2) is 0 Å². The van der Waals surface area contributed by atoms with Gasteiger partial charge in [0.2, 0.25) is 0 Å². The van der Waals surface area contributed by atoms with E-state index in [9.17, 15) is 0 Å². The highest BCUT2D eigenvalue weighted by molar-refractivity contribution is 6.23. The number of hydrogen-bond donors (Lipinski definition) is 0. The minimum absolute atomic E-state index is 0.914. The summed E-state index contributed by atoms with van der Waals surface area (Å²) in [5, 5.41) is 12.1. The lowest BCUT2D eigenvalue weighted by Gasteiger charge is -2.28. The Bertz CT molecular complexity index is 2830. The van der Waals surface area contributed by atoms with Gasteiger partial charge in [-0.2, -0.15) is 0 Å². The second-order valence-corrected chi connectivity index (χ2v) is 12.6. The summed E-state index contributed by atoms with van der Waals surface area (Å²) >= 11 is 0. The normalized spacial score (nSPS) is 11.8. The van der Waals surface area contributed by atoms with E-state index in [4.69, 9.17) is 4.42 Å². The monoisotopic (exact) mass is 611 g/mol. The molecular weight excluding hydrogens is 583 g/mol. The summed E-state index contributed by atoms with van der Waals surface area (Å²) in [5.74, 6) is 0. The molecule has 1 aromatic heterocycles. The molecule has 0 radical (unpaired) electrons. The number of benzene rings is 9. The van der Waals surface area contributed by atoms with Crippen molar-refractivity contribution in [1.82, 2.24) is 0 Å². The van der Waals surface area contributed by atoms with Crippen molar-refractivity contribution in [1.29, 1.82) is 0 Å². The Morgan fingerprint density at radius 3 is 1.83 bits per heavy atom. The molecule has 0 saturated heterocycles. The van der Waals surface area contributed by atoms with Crippen LogP contribution in [0.15, 0.2) is 180 Å². The van der Waals surface area contributed by atoms with Gasteiger partial charge < -0.3 is 9.32 Å². The summed E-state index contributed by atoms with van der Waals surface area (Å²) in [5.41, 5.74) is 7.59. The van der Waals surface area contributed by atoms with Gasteiger partial charge in [-0.05, 0) is 97.4 Å². The van der Waals surface area contributed by atoms with Crippen LogP contribution in [0.25, 0.3) is 76.2 Å². The SMILES string of the molecule is c1ccc(-c2ccc(N(c3ccc4cc5oc6ccccc6c5cc4c3)c3cc4ccc5ccccc5c4c4ccccc34)cc2)cc1. The molecule has 0 aliphatic heterocycles. The van der Waals surface area contributed by atoms with E-state index >= 15 is 0 Å². The highest BCUT2D eigenvalue weighted by Gasteiger charge is 2.19. The molecule has 0 N–H and O–H groups in total. The maximum atomic E-state index is 6.23. The van der Waals surface area contributed by atoms with Gasteiger partial charge in [-0.15, -0.1) is 0 Å². The average molecular weight is 612 g/mol. The van der Waals surface area contributed by atoms with Crippen molar-refractivity contribution in [2.45, 2.75) is 0 Å². The van der Waals surface area contributed by atoms with E-state index in [1.165, 1.54) is 48.8 Å². The van der Waals surface area contributed by atoms with Crippen LogP contribution >= 0.6 is 0 Å². The van der Waals surface area contributed by atoms with E-state index in [2.05, 4.69) is 169 Å². The number of rotatable bonds is 4. The van der Waals surface area contributed by atoms with Crippen LogP contribution in [0.2, 0.25) is 0 Å². The molecule has 10 rings (SSSR count). The van der Waals surface area contributed by atoms with Crippen molar-refractivity contribution in [3.8, 4) is 11.1 Å². The lowest BCUT2D eigenvalue weighted by molar-refractivity contribution is 0.669. The molecular formula is C46H29NO. The zero-order chi connectivity index (χ0) is 31.6. The predicted molar refractivity (Wildman–Crippen MR) is 204 cm³/mol. The molecule has 0 atom stereocenters. The third-order valence-corrected chi connectivity index (χ3v) is 9.78. The quantitative estimate of drug-likeness (QED) is 0.184. The minimum atomic E-state index is 0.914. The third kappa shape index (κ3) is 4.20. The lowest BCUT2D eigenvalue weighted by Crippen LogP contribution is -2.10. The molecule has 0 unspecified atom stereocenters. The van der Waals surface area contributed by atoms with Crippen molar-refractivity contribution < 1.29 is 4.42 Å². The third-order valence-electron chi connectivity index (χ3n) is 9.78. The summed E-state index contributed by atoms with van der Waals surface area (Å²) in [7, 11) is 0. The fraction of sp³-hybridized carbons (Fsp3) is 0.